The van der Waals surface area contributed by atoms with E-state index < -0.39 is 4.92 Å². The van der Waals surface area contributed by atoms with E-state index in [1.165, 1.54) is 30.7 Å². The fourth-order valence-corrected chi connectivity index (χ4v) is 7.20. The van der Waals surface area contributed by atoms with Crippen LogP contribution < -0.4 is 16.0 Å². The Kier molecular flexibility index (Phi) is 25.9. The van der Waals surface area contributed by atoms with Gasteiger partial charge in [-0.05, 0) is 105 Å². The van der Waals surface area contributed by atoms with E-state index in [0.717, 1.165) is 74.0 Å². The van der Waals surface area contributed by atoms with Gasteiger partial charge in [-0.3, -0.25) is 29.3 Å². The molecule has 3 N–H and O–H groups in total. The first-order valence-electron chi connectivity index (χ1n) is 25.3. The van der Waals surface area contributed by atoms with Gasteiger partial charge in [0, 0.05) is 59.2 Å². The summed E-state index contributed by atoms with van der Waals surface area (Å²) < 4.78 is 0. The Morgan fingerprint density at radius 2 is 1.08 bits per heavy atom. The average Bonchev–Trinajstić information content (AvgIpc) is 3.48. The Labute approximate surface area is 463 Å². The van der Waals surface area contributed by atoms with Crippen molar-refractivity contribution in [3.05, 3.63) is 290 Å². The van der Waals surface area contributed by atoms with Crippen molar-refractivity contribution in [2.45, 2.75) is 47.5 Å². The number of allylic oxidation sites excluding steroid dienone is 1. The Morgan fingerprint density at radius 3 is 1.57 bits per heavy atom. The topological polar surface area (TPSA) is 182 Å². The minimum atomic E-state index is -0.460. The van der Waals surface area contributed by atoms with Gasteiger partial charge in [-0.25, -0.2) is 0 Å². The number of ketones is 3. The highest BCUT2D eigenvalue weighted by Crippen LogP contribution is 2.24. The maximum Gasteiger partial charge on any atom is 0.269 e. The third-order valence-electron chi connectivity index (χ3n) is 11.6. The van der Waals surface area contributed by atoms with Crippen LogP contribution in [0, 0.1) is 37.8 Å². The van der Waals surface area contributed by atoms with Crippen LogP contribution in [0.1, 0.15) is 83.3 Å². The van der Waals surface area contributed by atoms with Crippen LogP contribution in [0.5, 0.6) is 0 Å². The Bertz CT molecular complexity index is 3300. The van der Waals surface area contributed by atoms with Gasteiger partial charge in [0.25, 0.3) is 5.69 Å². The monoisotopic (exact) mass is 1050 g/mol. The standard InChI is InChI=1S/C23H22N2O2.C15H14O.C10H9NO3.C10H11NO.C9H10O/c1-16-8-10-17(11-9-16)14-22(26)25-21-13-12-19(24-2)15-20(21)23(27)18-6-4-3-5-7-18;1-11-8-9-12(2)14(10-11)15(16)13-6-4-3-5-7-13;1-8(12)2-3-9-4-6-10(7-5-9)11(13)14;1-9(11-7-8-12)10-5-3-2-4-6-10;1-8-2-4-9(5-3-8)6-7-10/h3-13,15,24H,14H2,1-2H3,(H,25,26);3-10H,1-2H3;2-7H,1H3;2-6,8,11H,1,7H2;2-5,7H,6H2,1H3/b;;3-2+;;. The molecule has 0 atom stereocenters. The van der Waals surface area contributed by atoms with E-state index >= 15 is 0 Å². The first-order valence-corrected chi connectivity index (χ1v) is 25.3. The van der Waals surface area contributed by atoms with Crippen LogP contribution in [0.25, 0.3) is 11.8 Å². The van der Waals surface area contributed by atoms with Crippen LogP contribution in [-0.4, -0.2) is 54.3 Å². The van der Waals surface area contributed by atoms with Gasteiger partial charge < -0.3 is 25.5 Å². The highest BCUT2D eigenvalue weighted by atomic mass is 16.6. The number of carbonyl (C=O) groups is 6. The molecule has 0 aliphatic heterocycles. The van der Waals surface area contributed by atoms with Gasteiger partial charge in [0.2, 0.25) is 5.91 Å². The molecular weight excluding hydrogens is 989 g/mol. The lowest BCUT2D eigenvalue weighted by molar-refractivity contribution is -0.384. The first kappa shape index (κ1) is 61.6. The summed E-state index contributed by atoms with van der Waals surface area (Å²) in [4.78, 5) is 78.2. The summed E-state index contributed by atoms with van der Waals surface area (Å²) in [6.45, 7) is 13.6. The summed E-state index contributed by atoms with van der Waals surface area (Å²) in [5.41, 5.74) is 13.1. The first-order chi connectivity index (χ1) is 38.0. The van der Waals surface area contributed by atoms with Crippen molar-refractivity contribution < 1.29 is 33.7 Å². The Hall–Kier alpha value is -9.94. The van der Waals surface area contributed by atoms with Crippen LogP contribution in [0.2, 0.25) is 0 Å². The van der Waals surface area contributed by atoms with Crippen molar-refractivity contribution in [1.29, 1.82) is 0 Å². The quantitative estimate of drug-likeness (QED) is 0.0261. The number of nitro groups is 1. The van der Waals surface area contributed by atoms with Crippen molar-refractivity contribution in [2.24, 2.45) is 0 Å². The zero-order chi connectivity index (χ0) is 57.5. The van der Waals surface area contributed by atoms with E-state index in [2.05, 4.69) is 22.5 Å². The number of nitrogens with zero attached hydrogens (tertiary/aromatic N) is 1. The fraction of sp³-hybridized carbons (Fsp3) is 0.134. The van der Waals surface area contributed by atoms with Crippen LogP contribution in [0.15, 0.2) is 213 Å². The number of amides is 1. The summed E-state index contributed by atoms with van der Waals surface area (Å²) in [7, 11) is 1.79. The number of carbonyl (C=O) groups excluding carboxylic acids is 6. The van der Waals surface area contributed by atoms with Crippen molar-refractivity contribution in [3.8, 4) is 0 Å². The molecule has 0 heterocycles. The lowest BCUT2D eigenvalue weighted by atomic mass is 9.97. The van der Waals surface area contributed by atoms with Gasteiger partial charge in [0.15, 0.2) is 17.3 Å². The van der Waals surface area contributed by atoms with Gasteiger partial charge in [-0.2, -0.15) is 0 Å². The molecule has 8 aromatic carbocycles. The molecule has 402 valence electrons. The normalized spacial score (nSPS) is 9.95. The molecule has 0 aliphatic rings. The molecule has 0 radical (unpaired) electrons. The van der Waals surface area contributed by atoms with Gasteiger partial charge in [-0.15, -0.1) is 0 Å². The molecular formula is C67H66N4O8. The van der Waals surface area contributed by atoms with Gasteiger partial charge >= 0.3 is 0 Å². The predicted molar refractivity (Wildman–Crippen MR) is 318 cm³/mol. The highest BCUT2D eigenvalue weighted by Gasteiger charge is 2.17. The lowest BCUT2D eigenvalue weighted by Crippen LogP contribution is -2.17. The van der Waals surface area contributed by atoms with E-state index in [0.29, 0.717) is 29.8 Å². The zero-order valence-electron chi connectivity index (χ0n) is 45.4. The largest absolute Gasteiger partial charge is 0.388 e. The second-order valence-electron chi connectivity index (χ2n) is 18.0. The van der Waals surface area contributed by atoms with E-state index in [4.69, 9.17) is 0 Å². The second kappa shape index (κ2) is 33.2. The molecule has 0 unspecified atom stereocenters. The van der Waals surface area contributed by atoms with Gasteiger partial charge in [0.1, 0.15) is 12.6 Å². The van der Waals surface area contributed by atoms with Gasteiger partial charge in [0.05, 0.1) is 23.6 Å². The third kappa shape index (κ3) is 22.0. The Morgan fingerprint density at radius 1 is 0.570 bits per heavy atom. The molecule has 8 rings (SSSR count). The van der Waals surface area contributed by atoms with Crippen molar-refractivity contribution >= 4 is 64.7 Å². The summed E-state index contributed by atoms with van der Waals surface area (Å²) >= 11 is 0. The lowest BCUT2D eigenvalue weighted by Gasteiger charge is -2.13. The molecule has 0 fully saturated rings. The summed E-state index contributed by atoms with van der Waals surface area (Å²) in [6.07, 6.45) is 5.55. The second-order valence-corrected chi connectivity index (χ2v) is 18.0. The summed E-state index contributed by atoms with van der Waals surface area (Å²) in [6, 6.07) is 61.3. The zero-order valence-corrected chi connectivity index (χ0v) is 45.4. The van der Waals surface area contributed by atoms with E-state index in [1.54, 1.807) is 49.5 Å². The number of nitro benzene ring substituents is 1. The number of nitrogens with one attached hydrogen (secondary N) is 3. The highest BCUT2D eigenvalue weighted by molar-refractivity contribution is 6.14. The van der Waals surface area contributed by atoms with Crippen molar-refractivity contribution in [3.63, 3.8) is 0 Å². The predicted octanol–water partition coefficient (Wildman–Crippen LogP) is 13.4. The van der Waals surface area contributed by atoms with E-state index in [9.17, 15) is 38.9 Å². The number of hydrogen-bond donors (Lipinski definition) is 3. The van der Waals surface area contributed by atoms with E-state index in [1.807, 2.05) is 179 Å². The molecule has 0 saturated carbocycles. The third-order valence-corrected chi connectivity index (χ3v) is 11.6. The number of rotatable bonds is 17. The Balaban J connectivity index is 0.000000224. The maximum absolute atomic E-state index is 12.9. The molecule has 0 aliphatic carbocycles. The summed E-state index contributed by atoms with van der Waals surface area (Å²) in [5, 5.41) is 19.1. The molecule has 0 spiro atoms. The number of benzene rings is 8. The smallest absolute Gasteiger partial charge is 0.269 e. The van der Waals surface area contributed by atoms with Crippen LogP contribution in [-0.2, 0) is 32.0 Å². The minimum Gasteiger partial charge on any atom is -0.388 e. The maximum atomic E-state index is 12.9. The van der Waals surface area contributed by atoms with E-state index in [-0.39, 0.29) is 35.4 Å². The van der Waals surface area contributed by atoms with Crippen LogP contribution in [0.4, 0.5) is 17.1 Å². The molecule has 12 nitrogen and oxygen atoms in total. The van der Waals surface area contributed by atoms with Gasteiger partial charge in [-0.1, -0.05) is 181 Å². The molecule has 1 amide bonds. The molecule has 8 aromatic rings. The fourth-order valence-electron chi connectivity index (χ4n) is 7.20. The number of aryl methyl sites for hydroxylation is 4. The van der Waals surface area contributed by atoms with Crippen molar-refractivity contribution in [1.82, 2.24) is 5.32 Å². The molecule has 79 heavy (non-hydrogen) atoms. The van der Waals surface area contributed by atoms with Crippen molar-refractivity contribution in [2.75, 3.05) is 24.2 Å². The van der Waals surface area contributed by atoms with Crippen LogP contribution in [0.3, 0.4) is 0 Å². The average molecular weight is 1060 g/mol. The number of non-ortho nitro benzene ring substituents is 1. The number of hydrogen-bond acceptors (Lipinski definition) is 10. The molecule has 0 bridgehead atoms. The minimum absolute atomic E-state index is 0.0463. The summed E-state index contributed by atoms with van der Waals surface area (Å²) in [5.74, 6) is -0.235. The SMILES string of the molecule is C=C(NCC=O)c1ccccc1.CC(=O)/C=C/c1ccc([N+](=O)[O-])cc1.CNc1ccc(NC(=O)Cc2ccc(C)cc2)c(C(=O)c2ccccc2)c1.Cc1ccc(C)c(C(=O)c2ccccc2)c1.Cc1ccc(CC=O)cc1. The number of aldehydes is 2. The molecule has 0 aromatic heterocycles. The van der Waals surface area contributed by atoms with Crippen LogP contribution >= 0.6 is 0 Å². The molecule has 12 heteroatoms. The molecule has 0 saturated heterocycles. The number of anilines is 2.